The Morgan fingerprint density at radius 2 is 2.00 bits per heavy atom. The van der Waals surface area contributed by atoms with E-state index in [4.69, 9.17) is 16.0 Å². The molecule has 0 radical (unpaired) electrons. The van der Waals surface area contributed by atoms with E-state index in [1.807, 2.05) is 0 Å². The van der Waals surface area contributed by atoms with Crippen LogP contribution in [0, 0.1) is 10.1 Å². The molecule has 0 aliphatic rings. The minimum absolute atomic E-state index is 0.0471. The quantitative estimate of drug-likeness (QED) is 0.418. The van der Waals surface area contributed by atoms with Gasteiger partial charge in [0, 0.05) is 29.6 Å². The molecule has 0 aliphatic heterocycles. The van der Waals surface area contributed by atoms with Crippen molar-refractivity contribution in [2.75, 3.05) is 0 Å². The van der Waals surface area contributed by atoms with Gasteiger partial charge in [0.15, 0.2) is 0 Å². The highest BCUT2D eigenvalue weighted by Crippen LogP contribution is 2.30. The van der Waals surface area contributed by atoms with Gasteiger partial charge in [-0.15, -0.1) is 0 Å². The Morgan fingerprint density at radius 1 is 1.23 bits per heavy atom. The maximum Gasteiger partial charge on any atom is 0.288 e. The lowest BCUT2D eigenvalue weighted by Crippen LogP contribution is -2.17. The molecule has 9 heteroatoms. The van der Waals surface area contributed by atoms with Gasteiger partial charge in [-0.05, 0) is 36.4 Å². The number of nitrogens with one attached hydrogen (secondary N) is 1. The summed E-state index contributed by atoms with van der Waals surface area (Å²) >= 11 is 5.80. The zero-order chi connectivity index (χ0) is 18.5. The second kappa shape index (κ2) is 7.58. The zero-order valence-electron chi connectivity index (χ0n) is 13.1. The van der Waals surface area contributed by atoms with Gasteiger partial charge in [0.1, 0.15) is 16.5 Å². The molecule has 1 aromatic carbocycles. The third-order valence-corrected chi connectivity index (χ3v) is 3.67. The maximum atomic E-state index is 11.8. The number of amides is 1. The third kappa shape index (κ3) is 3.93. The number of carbonyl (C=O) groups excluding carboxylic acids is 1. The lowest BCUT2D eigenvalue weighted by Gasteiger charge is -1.99. The minimum Gasteiger partial charge on any atom is -0.455 e. The first kappa shape index (κ1) is 17.3. The number of hydrogen-bond donors (Lipinski definition) is 1. The molecule has 0 bridgehead atoms. The molecule has 8 nitrogen and oxygen atoms in total. The van der Waals surface area contributed by atoms with Crippen molar-refractivity contribution in [3.8, 4) is 11.3 Å². The minimum atomic E-state index is -0.564. The summed E-state index contributed by atoms with van der Waals surface area (Å²) in [5, 5.41) is 14.8. The fraction of sp³-hybridized carbons (Fsp3) is 0. The standard InChI is InChI=1S/C17H11ClN4O4/c18-14-3-1-12(9-15(14)22(24)25)16-4-2-13(26-16)10-20-21-17(23)11-5-7-19-8-6-11/h1-10H,(H,21,23)/b20-10-. The fourth-order valence-corrected chi connectivity index (χ4v) is 2.29. The van der Waals surface area contributed by atoms with Crippen molar-refractivity contribution in [2.45, 2.75) is 0 Å². The van der Waals surface area contributed by atoms with Crippen LogP contribution in [0.25, 0.3) is 11.3 Å². The number of carbonyl (C=O) groups is 1. The topological polar surface area (TPSA) is 111 Å². The van der Waals surface area contributed by atoms with Gasteiger partial charge in [-0.3, -0.25) is 19.9 Å². The molecule has 1 N–H and O–H groups in total. The average Bonchev–Trinajstić information content (AvgIpc) is 3.11. The van der Waals surface area contributed by atoms with Gasteiger partial charge in [0.05, 0.1) is 11.1 Å². The summed E-state index contributed by atoms with van der Waals surface area (Å²) in [6.45, 7) is 0. The molecular weight excluding hydrogens is 360 g/mol. The summed E-state index contributed by atoms with van der Waals surface area (Å²) in [4.78, 5) is 26.1. The molecule has 130 valence electrons. The Kier molecular flexibility index (Phi) is 5.04. The molecular formula is C17H11ClN4O4. The predicted octanol–water partition coefficient (Wildman–Crippen LogP) is 3.67. The second-order valence-electron chi connectivity index (χ2n) is 5.06. The van der Waals surface area contributed by atoms with E-state index in [1.165, 1.54) is 30.7 Å². The van der Waals surface area contributed by atoms with Gasteiger partial charge in [-0.1, -0.05) is 11.6 Å². The van der Waals surface area contributed by atoms with E-state index >= 15 is 0 Å². The van der Waals surface area contributed by atoms with E-state index in [0.717, 1.165) is 0 Å². The van der Waals surface area contributed by atoms with Crippen molar-refractivity contribution in [1.29, 1.82) is 0 Å². The van der Waals surface area contributed by atoms with Crippen LogP contribution in [0.5, 0.6) is 0 Å². The Bertz CT molecular complexity index is 985. The van der Waals surface area contributed by atoms with Gasteiger partial charge >= 0.3 is 0 Å². The van der Waals surface area contributed by atoms with Crippen molar-refractivity contribution in [1.82, 2.24) is 10.4 Å². The summed E-state index contributed by atoms with van der Waals surface area (Å²) in [6.07, 6.45) is 4.33. The number of aromatic nitrogens is 1. The summed E-state index contributed by atoms with van der Waals surface area (Å²) in [5.41, 5.74) is 3.08. The van der Waals surface area contributed by atoms with Crippen molar-refractivity contribution in [3.63, 3.8) is 0 Å². The molecule has 0 aliphatic carbocycles. The predicted molar refractivity (Wildman–Crippen MR) is 95.1 cm³/mol. The van der Waals surface area contributed by atoms with Crippen LogP contribution >= 0.6 is 11.6 Å². The first-order chi connectivity index (χ1) is 12.5. The van der Waals surface area contributed by atoms with Crippen LogP contribution in [-0.4, -0.2) is 22.0 Å². The van der Waals surface area contributed by atoms with Gasteiger partial charge < -0.3 is 4.42 Å². The van der Waals surface area contributed by atoms with Crippen LogP contribution in [0.3, 0.4) is 0 Å². The third-order valence-electron chi connectivity index (χ3n) is 3.35. The van der Waals surface area contributed by atoms with Crippen LogP contribution in [0.15, 0.2) is 64.4 Å². The largest absolute Gasteiger partial charge is 0.455 e. The number of nitrogens with zero attached hydrogens (tertiary/aromatic N) is 3. The molecule has 0 saturated carbocycles. The van der Waals surface area contributed by atoms with E-state index in [-0.39, 0.29) is 16.6 Å². The number of rotatable bonds is 5. The average molecular weight is 371 g/mol. The number of nitro groups is 1. The molecule has 3 rings (SSSR count). The number of furan rings is 1. The monoisotopic (exact) mass is 370 g/mol. The number of hydrogen-bond acceptors (Lipinski definition) is 6. The molecule has 26 heavy (non-hydrogen) atoms. The van der Waals surface area contributed by atoms with Crippen molar-refractivity contribution in [3.05, 3.63) is 81.3 Å². The molecule has 0 saturated heterocycles. The van der Waals surface area contributed by atoms with Gasteiger partial charge in [-0.2, -0.15) is 5.10 Å². The number of hydrazone groups is 1. The van der Waals surface area contributed by atoms with E-state index in [9.17, 15) is 14.9 Å². The lowest BCUT2D eigenvalue weighted by molar-refractivity contribution is -0.384. The highest BCUT2D eigenvalue weighted by Gasteiger charge is 2.15. The van der Waals surface area contributed by atoms with E-state index in [0.29, 0.717) is 22.6 Å². The van der Waals surface area contributed by atoms with Crippen molar-refractivity contribution >= 4 is 29.4 Å². The van der Waals surface area contributed by atoms with Crippen LogP contribution in [0.2, 0.25) is 5.02 Å². The number of halogens is 1. The smallest absolute Gasteiger partial charge is 0.288 e. The van der Waals surface area contributed by atoms with Crippen LogP contribution < -0.4 is 5.43 Å². The molecule has 3 aromatic rings. The highest BCUT2D eigenvalue weighted by molar-refractivity contribution is 6.32. The van der Waals surface area contributed by atoms with Gasteiger partial charge in [0.25, 0.3) is 11.6 Å². The summed E-state index contributed by atoms with van der Waals surface area (Å²) in [7, 11) is 0. The number of benzene rings is 1. The molecule has 0 spiro atoms. The Balaban J connectivity index is 1.71. The molecule has 1 amide bonds. The summed E-state index contributed by atoms with van der Waals surface area (Å²) < 4.78 is 5.56. The van der Waals surface area contributed by atoms with E-state index in [2.05, 4.69) is 15.5 Å². The van der Waals surface area contributed by atoms with E-state index in [1.54, 1.807) is 30.3 Å². The first-order valence-corrected chi connectivity index (χ1v) is 7.70. The number of nitro benzene ring substituents is 1. The first-order valence-electron chi connectivity index (χ1n) is 7.32. The van der Waals surface area contributed by atoms with Crippen LogP contribution in [-0.2, 0) is 0 Å². The van der Waals surface area contributed by atoms with Crippen molar-refractivity contribution < 1.29 is 14.1 Å². The van der Waals surface area contributed by atoms with Gasteiger partial charge in [0.2, 0.25) is 0 Å². The Morgan fingerprint density at radius 3 is 2.73 bits per heavy atom. The zero-order valence-corrected chi connectivity index (χ0v) is 13.9. The van der Waals surface area contributed by atoms with Gasteiger partial charge in [-0.25, -0.2) is 5.43 Å². The van der Waals surface area contributed by atoms with Crippen molar-refractivity contribution in [2.24, 2.45) is 5.10 Å². The second-order valence-corrected chi connectivity index (χ2v) is 5.47. The maximum absolute atomic E-state index is 11.8. The molecule has 0 unspecified atom stereocenters. The SMILES string of the molecule is O=C(N/N=C\c1ccc(-c2ccc(Cl)c([N+](=O)[O-])c2)o1)c1ccncc1. The highest BCUT2D eigenvalue weighted by atomic mass is 35.5. The molecule has 2 aromatic heterocycles. The Hall–Kier alpha value is -3.52. The molecule has 2 heterocycles. The summed E-state index contributed by atoms with van der Waals surface area (Å²) in [5.74, 6) is 0.392. The normalized spacial score (nSPS) is 10.8. The molecule has 0 atom stereocenters. The molecule has 0 fully saturated rings. The van der Waals surface area contributed by atoms with E-state index < -0.39 is 4.92 Å². The fourth-order valence-electron chi connectivity index (χ4n) is 2.11. The lowest BCUT2D eigenvalue weighted by atomic mass is 10.1. The van der Waals surface area contributed by atoms with Crippen LogP contribution in [0.1, 0.15) is 16.1 Å². The van der Waals surface area contributed by atoms with Crippen LogP contribution in [0.4, 0.5) is 5.69 Å². The summed E-state index contributed by atoms with van der Waals surface area (Å²) in [6, 6.07) is 10.7. The number of pyridine rings is 1. The Labute approximate surface area is 152 Å².